The second-order valence-electron chi connectivity index (χ2n) is 11.5. The van der Waals surface area contributed by atoms with Crippen LogP contribution in [-0.4, -0.2) is 103 Å². The van der Waals surface area contributed by atoms with Gasteiger partial charge in [0, 0.05) is 6.61 Å². The third-order valence-corrected chi connectivity index (χ3v) is 7.87. The largest absolute Gasteiger partial charge is 0.387 e. The monoisotopic (exact) mass is 636 g/mol. The van der Waals surface area contributed by atoms with Crippen molar-refractivity contribution in [3.63, 3.8) is 0 Å². The first-order valence-electron chi connectivity index (χ1n) is 15.6. The van der Waals surface area contributed by atoms with Crippen molar-refractivity contribution in [1.29, 1.82) is 0 Å². The highest BCUT2D eigenvalue weighted by Gasteiger charge is 2.50. The van der Waals surface area contributed by atoms with Crippen molar-refractivity contribution in [2.24, 2.45) is 22.9 Å². The lowest BCUT2D eigenvalue weighted by Gasteiger charge is -2.38. The van der Waals surface area contributed by atoms with Gasteiger partial charge in [-0.15, -0.1) is 0 Å². The lowest BCUT2D eigenvalue weighted by atomic mass is 9.84. The highest BCUT2D eigenvalue weighted by atomic mass is 16.5. The van der Waals surface area contributed by atoms with E-state index in [0.717, 1.165) is 38.5 Å². The molecule has 1 heterocycles. The molecule has 1 aliphatic rings. The van der Waals surface area contributed by atoms with E-state index in [1.54, 1.807) is 0 Å². The van der Waals surface area contributed by atoms with Crippen LogP contribution in [0.25, 0.3) is 0 Å². The number of aliphatic hydroxyl groups excluding tert-OH is 6. The van der Waals surface area contributed by atoms with Gasteiger partial charge < -0.3 is 58.3 Å². The number of hydrogen-bond acceptors (Lipinski definition) is 11. The predicted octanol–water partition coefficient (Wildman–Crippen LogP) is -1.52. The summed E-state index contributed by atoms with van der Waals surface area (Å²) in [7, 11) is 0. The topological polar surface area (TPSA) is 303 Å². The zero-order valence-electron chi connectivity index (χ0n) is 25.7. The zero-order valence-corrected chi connectivity index (χ0v) is 25.7. The Labute approximate surface area is 259 Å². The Hall–Kier alpha value is -2.40. The molecule has 1 unspecified atom stereocenters. The average molecular weight is 637 g/mol. The molecule has 0 bridgehead atoms. The lowest BCUT2D eigenvalue weighted by molar-refractivity contribution is -0.190. The average Bonchev–Trinajstić information content (AvgIpc) is 2.98. The Kier molecular flexibility index (Phi) is 21.8. The number of aliphatic hydroxyl groups is 6. The summed E-state index contributed by atoms with van der Waals surface area (Å²) >= 11 is 0. The summed E-state index contributed by atoms with van der Waals surface area (Å²) in [6.07, 6.45) is 5.77. The molecule has 0 aliphatic carbocycles. The minimum Gasteiger partial charge on any atom is -0.387 e. The number of rotatable bonds is 9. The molecule has 1 saturated heterocycles. The fourth-order valence-corrected chi connectivity index (χ4v) is 4.99. The van der Waals surface area contributed by atoms with Gasteiger partial charge in [-0.1, -0.05) is 89.9 Å². The number of ether oxygens (including phenoxy) is 1. The molecular weight excluding hydrogens is 580 g/mol. The van der Waals surface area contributed by atoms with Gasteiger partial charge in [0.1, 0.15) is 18.3 Å². The van der Waals surface area contributed by atoms with Gasteiger partial charge in [-0.2, -0.15) is 0 Å². The molecule has 1 aliphatic heterocycles. The van der Waals surface area contributed by atoms with Crippen molar-refractivity contribution < 1.29 is 54.6 Å². The van der Waals surface area contributed by atoms with Crippen LogP contribution in [-0.2, 0) is 23.9 Å². The van der Waals surface area contributed by atoms with E-state index in [4.69, 9.17) is 31.5 Å². The number of nitrogens with two attached hydrogens (primary N) is 4. The van der Waals surface area contributed by atoms with Gasteiger partial charge in [0.15, 0.2) is 23.9 Å². The van der Waals surface area contributed by atoms with E-state index >= 15 is 0 Å². The van der Waals surface area contributed by atoms with Gasteiger partial charge >= 0.3 is 0 Å². The summed E-state index contributed by atoms with van der Waals surface area (Å²) in [5.74, 6) is -4.60. The van der Waals surface area contributed by atoms with Crippen molar-refractivity contribution in [3.05, 3.63) is 0 Å². The van der Waals surface area contributed by atoms with Crippen molar-refractivity contribution >= 4 is 23.6 Å². The number of amides is 4. The molecule has 4 amide bonds. The molecular formula is C29H56N4O11. The third-order valence-electron chi connectivity index (χ3n) is 7.87. The van der Waals surface area contributed by atoms with Crippen LogP contribution in [0, 0.1) is 0 Å². The molecule has 7 atom stereocenters. The lowest BCUT2D eigenvalue weighted by Crippen LogP contribution is -2.62. The normalized spacial score (nSPS) is 24.5. The highest BCUT2D eigenvalue weighted by molar-refractivity contribution is 5.85. The van der Waals surface area contributed by atoms with Crippen LogP contribution in [0.3, 0.4) is 0 Å². The molecule has 1 fully saturated rings. The minimum absolute atomic E-state index is 0.103. The van der Waals surface area contributed by atoms with Gasteiger partial charge in [0.05, 0.1) is 0 Å². The van der Waals surface area contributed by atoms with E-state index in [1.165, 1.54) is 51.4 Å². The Morgan fingerprint density at radius 1 is 0.477 bits per heavy atom. The molecule has 15 nitrogen and oxygen atoms in total. The standard InChI is InChI=1S/C24H46N2O6.C5H10N2O5/c25-22(30)20(28)19(27)21(29)24(23(26)31)17-15-13-11-9-7-5-3-1-2-4-6-8-10-12-14-16-18-32-24;6-4(11)2(9)1(8)3(10)5(7)12/h19-21,27-29H,1-18H2,(H2,25,30)(H2,26,31);1-3,8-10H,(H2,6,11)(H2,7,12)/t19-,20+,21+,24-;1?,2-,3+/m1./s1. The summed E-state index contributed by atoms with van der Waals surface area (Å²) in [5.41, 5.74) is 17.9. The van der Waals surface area contributed by atoms with Crippen LogP contribution in [0.2, 0.25) is 0 Å². The van der Waals surface area contributed by atoms with Gasteiger partial charge in [-0.25, -0.2) is 0 Å². The number of carbonyl (C=O) groups is 4. The second-order valence-corrected chi connectivity index (χ2v) is 11.5. The van der Waals surface area contributed by atoms with Crippen LogP contribution in [0.5, 0.6) is 0 Å². The smallest absolute Gasteiger partial charge is 0.252 e. The molecule has 44 heavy (non-hydrogen) atoms. The number of primary amides is 4. The van der Waals surface area contributed by atoms with E-state index in [9.17, 15) is 34.5 Å². The van der Waals surface area contributed by atoms with E-state index < -0.39 is 65.9 Å². The predicted molar refractivity (Wildman–Crippen MR) is 160 cm³/mol. The number of carbonyl (C=O) groups excluding carboxylic acids is 4. The second kappa shape index (κ2) is 23.0. The summed E-state index contributed by atoms with van der Waals surface area (Å²) in [6, 6.07) is 0. The van der Waals surface area contributed by atoms with Gasteiger partial charge in [0.2, 0.25) is 17.7 Å². The molecule has 0 spiro atoms. The first kappa shape index (κ1) is 41.6. The highest BCUT2D eigenvalue weighted by Crippen LogP contribution is 2.29. The summed E-state index contributed by atoms with van der Waals surface area (Å²) in [6.45, 7) is 0.194. The summed E-state index contributed by atoms with van der Waals surface area (Å²) in [4.78, 5) is 44.2. The van der Waals surface area contributed by atoms with Crippen molar-refractivity contribution in [3.8, 4) is 0 Å². The summed E-state index contributed by atoms with van der Waals surface area (Å²) in [5, 5.41) is 57.1. The van der Waals surface area contributed by atoms with E-state index in [1.807, 2.05) is 0 Å². The Morgan fingerprint density at radius 2 is 0.773 bits per heavy atom. The molecule has 14 N–H and O–H groups in total. The SMILES string of the molecule is NC(=O)[C@@H](O)C(O)[C@@H](O)C(N)=O.NC(=O)[C@@H](O)[C@@H](O)[C@H](O)[C@@]1(C(N)=O)CCCCCCCCCCCCCCCCCCO1. The summed E-state index contributed by atoms with van der Waals surface area (Å²) < 4.78 is 5.84. The molecule has 0 aromatic heterocycles. The van der Waals surface area contributed by atoms with Crippen LogP contribution in [0.4, 0.5) is 0 Å². The first-order valence-corrected chi connectivity index (χ1v) is 15.6. The third kappa shape index (κ3) is 15.5. The molecule has 1 rings (SSSR count). The maximum atomic E-state index is 12.4. The van der Waals surface area contributed by atoms with Crippen molar-refractivity contribution in [2.75, 3.05) is 6.61 Å². The minimum atomic E-state index is -2.02. The van der Waals surface area contributed by atoms with E-state index in [-0.39, 0.29) is 13.0 Å². The van der Waals surface area contributed by atoms with E-state index in [2.05, 4.69) is 11.5 Å². The van der Waals surface area contributed by atoms with Crippen LogP contribution in [0.1, 0.15) is 109 Å². The zero-order chi connectivity index (χ0) is 33.7. The molecule has 15 heteroatoms. The van der Waals surface area contributed by atoms with E-state index in [0.29, 0.717) is 12.8 Å². The van der Waals surface area contributed by atoms with Gasteiger partial charge in [0.25, 0.3) is 5.91 Å². The molecule has 0 aromatic rings. The van der Waals surface area contributed by atoms with Gasteiger partial charge in [-0.05, 0) is 19.3 Å². The van der Waals surface area contributed by atoms with Crippen molar-refractivity contribution in [2.45, 2.75) is 151 Å². The first-order chi connectivity index (χ1) is 20.7. The van der Waals surface area contributed by atoms with Crippen LogP contribution >= 0.6 is 0 Å². The quantitative estimate of drug-likeness (QED) is 0.139. The molecule has 0 aromatic carbocycles. The molecule has 0 saturated carbocycles. The fraction of sp³-hybridized carbons (Fsp3) is 0.862. The Balaban J connectivity index is 0.00000129. The Morgan fingerprint density at radius 3 is 1.09 bits per heavy atom. The van der Waals surface area contributed by atoms with Crippen molar-refractivity contribution in [1.82, 2.24) is 0 Å². The fourth-order valence-electron chi connectivity index (χ4n) is 4.99. The van der Waals surface area contributed by atoms with Crippen LogP contribution < -0.4 is 22.9 Å². The molecule has 258 valence electrons. The Bertz CT molecular complexity index is 808. The van der Waals surface area contributed by atoms with Gasteiger partial charge in [-0.3, -0.25) is 19.2 Å². The molecule has 0 radical (unpaired) electrons. The maximum absolute atomic E-state index is 12.4. The maximum Gasteiger partial charge on any atom is 0.252 e. The van der Waals surface area contributed by atoms with Crippen LogP contribution in [0.15, 0.2) is 0 Å². The number of hydrogen-bond donors (Lipinski definition) is 10.